The van der Waals surface area contributed by atoms with E-state index in [4.69, 9.17) is 10.2 Å². The lowest BCUT2D eigenvalue weighted by Crippen LogP contribution is -2.25. The molecule has 2 aromatic carbocycles. The Morgan fingerprint density at radius 3 is 1.36 bits per heavy atom. The molecule has 0 heterocycles. The molecule has 0 bridgehead atoms. The molecule has 8 nitrogen and oxygen atoms in total. The molecule has 0 aliphatic heterocycles. The van der Waals surface area contributed by atoms with Gasteiger partial charge >= 0.3 is 11.9 Å². The number of rotatable bonds is 17. The van der Waals surface area contributed by atoms with Crippen LogP contribution in [0.3, 0.4) is 0 Å². The minimum absolute atomic E-state index is 0.136. The summed E-state index contributed by atoms with van der Waals surface area (Å²) in [6.45, 7) is 0.952. The van der Waals surface area contributed by atoms with E-state index >= 15 is 0 Å². The topological polar surface area (TPSA) is 133 Å². The highest BCUT2D eigenvalue weighted by molar-refractivity contribution is 8.76. The van der Waals surface area contributed by atoms with Gasteiger partial charge in [0.25, 0.3) is 11.8 Å². The Morgan fingerprint density at radius 2 is 0.972 bits per heavy atom. The van der Waals surface area contributed by atoms with E-state index in [-0.39, 0.29) is 24.7 Å². The largest absolute Gasteiger partial charge is 0.481 e. The lowest BCUT2D eigenvalue weighted by atomic mass is 10.2. The number of amides is 2. The summed E-state index contributed by atoms with van der Waals surface area (Å²) in [5.41, 5.74) is 1.09. The van der Waals surface area contributed by atoms with Crippen LogP contribution >= 0.6 is 21.6 Å². The maximum Gasteiger partial charge on any atom is 0.303 e. The van der Waals surface area contributed by atoms with Gasteiger partial charge in [0.2, 0.25) is 0 Å². The standard InChI is InChI=1S/C26H32N2O6S2/c29-23(30)15-3-1-9-17-27-25(33)19-11-5-7-13-21(19)35-36-22-14-8-6-12-20(22)26(34)28-18-10-2-4-16-24(31)32/h5-8,11-14H,1-4,9-10,15-18H2,(H,27,33)(H,28,34)(H,29,30)(H,31,32). The van der Waals surface area contributed by atoms with E-state index in [2.05, 4.69) is 10.6 Å². The van der Waals surface area contributed by atoms with Crippen LogP contribution < -0.4 is 10.6 Å². The lowest BCUT2D eigenvalue weighted by Gasteiger charge is -2.12. The van der Waals surface area contributed by atoms with Crippen LogP contribution in [0.25, 0.3) is 0 Å². The smallest absolute Gasteiger partial charge is 0.303 e. The Labute approximate surface area is 219 Å². The molecule has 10 heteroatoms. The van der Waals surface area contributed by atoms with Crippen LogP contribution in [0, 0.1) is 0 Å². The number of unbranched alkanes of at least 4 members (excludes halogenated alkanes) is 4. The number of hydrogen-bond acceptors (Lipinski definition) is 6. The third-order valence-electron chi connectivity index (χ3n) is 5.19. The van der Waals surface area contributed by atoms with Gasteiger partial charge in [-0.1, -0.05) is 58.7 Å². The molecule has 0 saturated heterocycles. The first kappa shape index (κ1) is 29.3. The number of carboxylic acids is 2. The van der Waals surface area contributed by atoms with Crippen molar-refractivity contribution in [3.8, 4) is 0 Å². The van der Waals surface area contributed by atoms with Gasteiger partial charge in [-0.2, -0.15) is 0 Å². The van der Waals surface area contributed by atoms with Gasteiger partial charge in [-0.25, -0.2) is 0 Å². The molecule has 0 aliphatic carbocycles. The maximum atomic E-state index is 12.7. The second kappa shape index (κ2) is 16.6. The van der Waals surface area contributed by atoms with Crippen LogP contribution in [-0.2, 0) is 9.59 Å². The van der Waals surface area contributed by atoms with Crippen LogP contribution in [0.15, 0.2) is 58.3 Å². The molecule has 2 rings (SSSR count). The van der Waals surface area contributed by atoms with Crippen LogP contribution in [0.2, 0.25) is 0 Å². The van der Waals surface area contributed by atoms with Gasteiger partial charge in [0.1, 0.15) is 0 Å². The summed E-state index contributed by atoms with van der Waals surface area (Å²) in [6.07, 6.45) is 4.35. The first-order valence-electron chi connectivity index (χ1n) is 11.9. The van der Waals surface area contributed by atoms with Gasteiger partial charge in [-0.3, -0.25) is 19.2 Å². The second-order valence-corrected chi connectivity index (χ2v) is 10.3. The molecule has 2 amide bonds. The first-order valence-corrected chi connectivity index (χ1v) is 14.1. The zero-order chi connectivity index (χ0) is 26.2. The van der Waals surface area contributed by atoms with E-state index in [0.29, 0.717) is 49.9 Å². The Balaban J connectivity index is 1.88. The summed E-state index contributed by atoms with van der Waals surface area (Å²) in [7, 11) is 2.81. The van der Waals surface area contributed by atoms with Gasteiger partial charge < -0.3 is 20.8 Å². The average Bonchev–Trinajstić information content (AvgIpc) is 2.86. The Hall–Kier alpha value is -2.98. The van der Waals surface area contributed by atoms with Crippen molar-refractivity contribution in [3.05, 3.63) is 59.7 Å². The summed E-state index contributed by atoms with van der Waals surface area (Å²) < 4.78 is 0. The summed E-state index contributed by atoms with van der Waals surface area (Å²) >= 11 is 0. The van der Waals surface area contributed by atoms with E-state index in [1.54, 1.807) is 24.3 Å². The van der Waals surface area contributed by atoms with Crippen molar-refractivity contribution in [3.63, 3.8) is 0 Å². The molecule has 194 valence electrons. The molecule has 0 unspecified atom stereocenters. The Kier molecular flexibility index (Phi) is 13.5. The van der Waals surface area contributed by atoms with Crippen LogP contribution in [-0.4, -0.2) is 47.1 Å². The quantitative estimate of drug-likeness (QED) is 0.161. The second-order valence-electron chi connectivity index (χ2n) is 8.08. The van der Waals surface area contributed by atoms with E-state index in [9.17, 15) is 19.2 Å². The van der Waals surface area contributed by atoms with Crippen molar-refractivity contribution in [1.29, 1.82) is 0 Å². The van der Waals surface area contributed by atoms with Crippen LogP contribution in [0.4, 0.5) is 0 Å². The molecule has 0 aliphatic rings. The van der Waals surface area contributed by atoms with Crippen molar-refractivity contribution in [2.45, 2.75) is 61.2 Å². The van der Waals surface area contributed by atoms with Gasteiger partial charge in [-0.05, 0) is 49.9 Å². The fraction of sp³-hybridized carbons (Fsp3) is 0.385. The normalized spacial score (nSPS) is 10.6. The molecule has 0 aromatic heterocycles. The summed E-state index contributed by atoms with van der Waals surface area (Å²) in [5.74, 6) is -2.00. The average molecular weight is 533 g/mol. The highest BCUT2D eigenvalue weighted by Gasteiger charge is 2.15. The predicted molar refractivity (Wildman–Crippen MR) is 141 cm³/mol. The fourth-order valence-corrected chi connectivity index (χ4v) is 5.65. The molecule has 0 spiro atoms. The van der Waals surface area contributed by atoms with Crippen molar-refractivity contribution < 1.29 is 29.4 Å². The highest BCUT2D eigenvalue weighted by atomic mass is 33.1. The zero-order valence-electron chi connectivity index (χ0n) is 20.0. The van der Waals surface area contributed by atoms with Crippen LogP contribution in [0.5, 0.6) is 0 Å². The molecule has 0 radical (unpaired) electrons. The number of aliphatic carboxylic acids is 2. The lowest BCUT2D eigenvalue weighted by molar-refractivity contribution is -0.138. The Bertz CT molecular complexity index is 949. The molecule has 0 saturated carbocycles. The molecule has 36 heavy (non-hydrogen) atoms. The molecule has 2 aromatic rings. The van der Waals surface area contributed by atoms with Crippen LogP contribution in [0.1, 0.15) is 72.1 Å². The zero-order valence-corrected chi connectivity index (χ0v) is 21.7. The van der Waals surface area contributed by atoms with Gasteiger partial charge in [0, 0.05) is 35.7 Å². The van der Waals surface area contributed by atoms with E-state index in [1.165, 1.54) is 21.6 Å². The molecule has 0 fully saturated rings. The fourth-order valence-electron chi connectivity index (χ4n) is 3.29. The van der Waals surface area contributed by atoms with Gasteiger partial charge in [0.15, 0.2) is 0 Å². The van der Waals surface area contributed by atoms with Gasteiger partial charge in [0.05, 0.1) is 11.1 Å². The number of hydrogen-bond donors (Lipinski definition) is 4. The van der Waals surface area contributed by atoms with Crippen molar-refractivity contribution >= 4 is 45.3 Å². The molecular formula is C26H32N2O6S2. The minimum atomic E-state index is -0.811. The summed E-state index contributed by atoms with van der Waals surface area (Å²) in [6, 6.07) is 14.5. The SMILES string of the molecule is O=C(O)CCCCCNC(=O)c1ccccc1SSc1ccccc1C(=O)NCCCCCC(=O)O. The monoisotopic (exact) mass is 532 g/mol. The van der Waals surface area contributed by atoms with Crippen molar-refractivity contribution in [2.75, 3.05) is 13.1 Å². The third-order valence-corrected chi connectivity index (χ3v) is 7.67. The van der Waals surface area contributed by atoms with Crippen molar-refractivity contribution in [1.82, 2.24) is 10.6 Å². The predicted octanol–water partition coefficient (Wildman–Crippen LogP) is 5.24. The minimum Gasteiger partial charge on any atom is -0.481 e. The number of carbonyl (C=O) groups is 4. The summed E-state index contributed by atoms with van der Waals surface area (Å²) in [4.78, 5) is 48.1. The van der Waals surface area contributed by atoms with E-state index in [0.717, 1.165) is 22.6 Å². The number of nitrogens with one attached hydrogen (secondary N) is 2. The first-order chi connectivity index (χ1) is 17.4. The molecule has 0 atom stereocenters. The number of benzene rings is 2. The number of carbonyl (C=O) groups excluding carboxylic acids is 2. The van der Waals surface area contributed by atoms with E-state index in [1.807, 2.05) is 24.3 Å². The van der Waals surface area contributed by atoms with Crippen molar-refractivity contribution in [2.24, 2.45) is 0 Å². The third kappa shape index (κ3) is 11.2. The molecular weight excluding hydrogens is 500 g/mol. The highest BCUT2D eigenvalue weighted by Crippen LogP contribution is 2.40. The maximum absolute atomic E-state index is 12.7. The Morgan fingerprint density at radius 1 is 0.583 bits per heavy atom. The van der Waals surface area contributed by atoms with E-state index < -0.39 is 11.9 Å². The summed E-state index contributed by atoms with van der Waals surface area (Å²) in [5, 5.41) is 23.2. The molecule has 4 N–H and O–H groups in total. The van der Waals surface area contributed by atoms with Gasteiger partial charge in [-0.15, -0.1) is 0 Å². The number of carboxylic acid groups (broad SMARTS) is 2.